The molecule has 0 radical (unpaired) electrons. The minimum Gasteiger partial charge on any atom is -0.508 e. The van der Waals surface area contributed by atoms with Crippen molar-refractivity contribution in [3.63, 3.8) is 0 Å². The van der Waals surface area contributed by atoms with Gasteiger partial charge in [0.25, 0.3) is 5.91 Å². The molecule has 1 fully saturated rings. The average Bonchev–Trinajstić information content (AvgIpc) is 3.11. The molecule has 1 aliphatic heterocycles. The van der Waals surface area contributed by atoms with E-state index in [1.165, 1.54) is 19.2 Å². The average molecular weight is 457 g/mol. The second kappa shape index (κ2) is 9.15. The van der Waals surface area contributed by atoms with E-state index in [9.17, 15) is 27.9 Å². The Bertz CT molecular complexity index is 966. The summed E-state index contributed by atoms with van der Waals surface area (Å²) < 4.78 is 43.0. The summed E-state index contributed by atoms with van der Waals surface area (Å²) in [6, 6.07) is 7.35. The number of carbonyl (C=O) groups excluding carboxylic acids is 2. The number of alkyl halides is 3. The molecular weight excluding hydrogens is 437 g/mol. The zero-order chi connectivity index (χ0) is 22.8. The lowest BCUT2D eigenvalue weighted by Crippen LogP contribution is -2.37. The van der Waals surface area contributed by atoms with Gasteiger partial charge >= 0.3 is 12.1 Å². The van der Waals surface area contributed by atoms with Gasteiger partial charge in [-0.25, -0.2) is 0 Å². The lowest BCUT2D eigenvalue weighted by Gasteiger charge is -2.22. The fraction of sp³-hybridized carbons (Fsp3) is 0.333. The largest absolute Gasteiger partial charge is 0.508 e. The molecule has 1 heterocycles. The first-order valence-corrected chi connectivity index (χ1v) is 9.73. The molecule has 0 saturated carbocycles. The van der Waals surface area contributed by atoms with Crippen molar-refractivity contribution in [3.8, 4) is 5.75 Å². The maximum atomic E-state index is 12.7. The fourth-order valence-corrected chi connectivity index (χ4v) is 3.74. The van der Waals surface area contributed by atoms with Gasteiger partial charge in [0, 0.05) is 35.3 Å². The van der Waals surface area contributed by atoms with Crippen molar-refractivity contribution in [2.75, 3.05) is 13.7 Å². The molecule has 1 saturated heterocycles. The van der Waals surface area contributed by atoms with E-state index in [-0.39, 0.29) is 30.8 Å². The Morgan fingerprint density at radius 3 is 2.52 bits per heavy atom. The number of nitrogens with one attached hydrogen (secondary N) is 1. The molecule has 31 heavy (non-hydrogen) atoms. The minimum absolute atomic E-state index is 0.0188. The van der Waals surface area contributed by atoms with Gasteiger partial charge in [0.15, 0.2) is 0 Å². The summed E-state index contributed by atoms with van der Waals surface area (Å²) in [4.78, 5) is 26.5. The number of nitrogens with zero attached hydrogens (tertiary/aromatic N) is 1. The highest BCUT2D eigenvalue weighted by Crippen LogP contribution is 2.30. The third kappa shape index (κ3) is 5.48. The maximum Gasteiger partial charge on any atom is 0.416 e. The van der Waals surface area contributed by atoms with Crippen LogP contribution in [-0.4, -0.2) is 47.6 Å². The van der Waals surface area contributed by atoms with E-state index in [1.807, 2.05) is 0 Å². The van der Waals surface area contributed by atoms with Gasteiger partial charge in [-0.05, 0) is 48.9 Å². The number of likely N-dealkylation sites (tertiary alicyclic amines) is 1. The second-order valence-corrected chi connectivity index (χ2v) is 7.66. The predicted molar refractivity (Wildman–Crippen MR) is 107 cm³/mol. The molecule has 0 aliphatic carbocycles. The van der Waals surface area contributed by atoms with E-state index in [1.54, 1.807) is 11.0 Å². The highest BCUT2D eigenvalue weighted by Gasteiger charge is 2.38. The number of rotatable bonds is 5. The number of hydrogen-bond acceptors (Lipinski definition) is 5. The summed E-state index contributed by atoms with van der Waals surface area (Å²) in [6.07, 6.45) is -4.24. The number of halogens is 4. The summed E-state index contributed by atoms with van der Waals surface area (Å²) in [6.45, 7) is 0.469. The van der Waals surface area contributed by atoms with Gasteiger partial charge in [-0.3, -0.25) is 14.5 Å². The minimum atomic E-state index is -4.49. The number of phenolic OH excluding ortho intramolecular Hbond substituents is 1. The van der Waals surface area contributed by atoms with Crippen molar-refractivity contribution in [1.82, 2.24) is 10.2 Å². The van der Waals surface area contributed by atoms with E-state index < -0.39 is 35.7 Å². The second-order valence-electron chi connectivity index (χ2n) is 7.22. The molecule has 0 aromatic heterocycles. The molecule has 10 heteroatoms. The van der Waals surface area contributed by atoms with Crippen LogP contribution < -0.4 is 5.32 Å². The number of carbonyl (C=O) groups is 2. The van der Waals surface area contributed by atoms with Crippen LogP contribution in [0.25, 0.3) is 0 Å². The Morgan fingerprint density at radius 1 is 1.23 bits per heavy atom. The van der Waals surface area contributed by atoms with Crippen LogP contribution in [0.2, 0.25) is 5.02 Å². The first-order chi connectivity index (χ1) is 14.6. The Kier molecular flexibility index (Phi) is 6.76. The molecule has 2 atom stereocenters. The van der Waals surface area contributed by atoms with Gasteiger partial charge in [-0.2, -0.15) is 13.2 Å². The molecule has 0 bridgehead atoms. The molecular formula is C21H20ClF3N2O4. The highest BCUT2D eigenvalue weighted by atomic mass is 35.5. The first kappa shape index (κ1) is 22.9. The van der Waals surface area contributed by atoms with Crippen LogP contribution in [0.1, 0.15) is 27.9 Å². The standard InChI is InChI=1S/C21H20ClF3N2O4/c1-31-20(30)17-9-16(11-27(17)10-13-8-15(22)6-7-18(13)28)26-19(29)12-2-4-14(5-3-12)21(23,24)25/h2-8,16-17,28H,9-11H2,1H3,(H,26,29)/t16-,17-/m0/s1. The number of aromatic hydroxyl groups is 1. The number of amides is 1. The van der Waals surface area contributed by atoms with Gasteiger partial charge in [-0.15, -0.1) is 0 Å². The highest BCUT2D eigenvalue weighted by molar-refractivity contribution is 6.30. The van der Waals surface area contributed by atoms with Crippen molar-refractivity contribution >= 4 is 23.5 Å². The predicted octanol–water partition coefficient (Wildman–Crippen LogP) is 3.61. The third-order valence-corrected chi connectivity index (χ3v) is 5.34. The number of benzene rings is 2. The van der Waals surface area contributed by atoms with Crippen LogP contribution >= 0.6 is 11.6 Å². The lowest BCUT2D eigenvalue weighted by molar-refractivity contribution is -0.146. The van der Waals surface area contributed by atoms with Crippen LogP contribution in [-0.2, 0) is 22.3 Å². The number of ether oxygens (including phenoxy) is 1. The van der Waals surface area contributed by atoms with Gasteiger partial charge in [0.05, 0.1) is 12.7 Å². The van der Waals surface area contributed by atoms with Crippen molar-refractivity contribution in [3.05, 3.63) is 64.2 Å². The third-order valence-electron chi connectivity index (χ3n) is 5.10. The number of esters is 1. The van der Waals surface area contributed by atoms with Crippen LogP contribution in [0.5, 0.6) is 5.75 Å². The SMILES string of the molecule is COC(=O)[C@@H]1C[C@H](NC(=O)c2ccc(C(F)(F)F)cc2)CN1Cc1cc(Cl)ccc1O. The Labute approximate surface area is 181 Å². The van der Waals surface area contributed by atoms with E-state index >= 15 is 0 Å². The van der Waals surface area contributed by atoms with Gasteiger partial charge in [-0.1, -0.05) is 11.6 Å². The maximum absolute atomic E-state index is 12.7. The molecule has 2 aromatic carbocycles. The zero-order valence-corrected chi connectivity index (χ0v) is 17.2. The summed E-state index contributed by atoms with van der Waals surface area (Å²) in [5.74, 6) is -1.02. The molecule has 2 aromatic rings. The summed E-state index contributed by atoms with van der Waals surface area (Å²) in [5.41, 5.74) is -0.257. The van der Waals surface area contributed by atoms with Crippen molar-refractivity contribution in [2.24, 2.45) is 0 Å². The van der Waals surface area contributed by atoms with Crippen LogP contribution in [0.4, 0.5) is 13.2 Å². The smallest absolute Gasteiger partial charge is 0.416 e. The molecule has 1 amide bonds. The van der Waals surface area contributed by atoms with Gasteiger partial charge in [0.1, 0.15) is 11.8 Å². The fourth-order valence-electron chi connectivity index (χ4n) is 3.54. The molecule has 166 valence electrons. The molecule has 0 spiro atoms. The van der Waals surface area contributed by atoms with E-state index in [4.69, 9.17) is 16.3 Å². The lowest BCUT2D eigenvalue weighted by atomic mass is 10.1. The summed E-state index contributed by atoms with van der Waals surface area (Å²) in [7, 11) is 1.26. The zero-order valence-electron chi connectivity index (χ0n) is 16.4. The van der Waals surface area contributed by atoms with Gasteiger partial charge < -0.3 is 15.2 Å². The Morgan fingerprint density at radius 2 is 1.90 bits per heavy atom. The van der Waals surface area contributed by atoms with Crippen LogP contribution in [0.3, 0.4) is 0 Å². The molecule has 2 N–H and O–H groups in total. The van der Waals surface area contributed by atoms with E-state index in [0.29, 0.717) is 10.6 Å². The monoisotopic (exact) mass is 456 g/mol. The Balaban J connectivity index is 1.71. The van der Waals surface area contributed by atoms with Gasteiger partial charge in [0.2, 0.25) is 0 Å². The van der Waals surface area contributed by atoms with Crippen molar-refractivity contribution in [1.29, 1.82) is 0 Å². The molecule has 0 unspecified atom stereocenters. The number of hydrogen-bond donors (Lipinski definition) is 2. The molecule has 6 nitrogen and oxygen atoms in total. The topological polar surface area (TPSA) is 78.9 Å². The van der Waals surface area contributed by atoms with Crippen LogP contribution in [0.15, 0.2) is 42.5 Å². The van der Waals surface area contributed by atoms with Crippen molar-refractivity contribution < 1.29 is 32.6 Å². The number of methoxy groups -OCH3 is 1. The Hall–Kier alpha value is -2.78. The molecule has 1 aliphatic rings. The van der Waals surface area contributed by atoms with Crippen molar-refractivity contribution in [2.45, 2.75) is 31.2 Å². The quantitative estimate of drug-likeness (QED) is 0.672. The van der Waals surface area contributed by atoms with E-state index in [0.717, 1.165) is 24.3 Å². The van der Waals surface area contributed by atoms with E-state index in [2.05, 4.69) is 5.32 Å². The number of phenols is 1. The summed E-state index contributed by atoms with van der Waals surface area (Å²) in [5, 5.41) is 13.2. The summed E-state index contributed by atoms with van der Waals surface area (Å²) >= 11 is 5.98. The van der Waals surface area contributed by atoms with Crippen LogP contribution in [0, 0.1) is 0 Å². The molecule has 3 rings (SSSR count). The first-order valence-electron chi connectivity index (χ1n) is 9.36. The normalized spacial score (nSPS) is 19.3.